The predicted octanol–water partition coefficient (Wildman–Crippen LogP) is 4.10. The van der Waals surface area contributed by atoms with Crippen molar-refractivity contribution in [1.29, 1.82) is 0 Å². The van der Waals surface area contributed by atoms with E-state index >= 15 is 0 Å². The highest BCUT2D eigenvalue weighted by Gasteiger charge is 2.08. The van der Waals surface area contributed by atoms with Crippen LogP contribution in [-0.4, -0.2) is 25.3 Å². The van der Waals surface area contributed by atoms with Crippen LogP contribution in [0.3, 0.4) is 0 Å². The summed E-state index contributed by atoms with van der Waals surface area (Å²) in [5.74, 6) is -0.0851. The molecule has 0 radical (unpaired) electrons. The zero-order chi connectivity index (χ0) is 13.6. The lowest BCUT2D eigenvalue weighted by atomic mass is 10.1. The summed E-state index contributed by atoms with van der Waals surface area (Å²) in [7, 11) is 0. The van der Waals surface area contributed by atoms with Gasteiger partial charge in [-0.2, -0.15) is 0 Å². The van der Waals surface area contributed by atoms with E-state index < -0.39 is 0 Å². The summed E-state index contributed by atoms with van der Waals surface area (Å²) in [6.07, 6.45) is 8.59. The Morgan fingerprint density at radius 3 is 2.33 bits per heavy atom. The second kappa shape index (κ2) is 12.9. The Kier molecular flexibility index (Phi) is 12.5. The Labute approximate surface area is 112 Å². The van der Waals surface area contributed by atoms with Gasteiger partial charge in [0.25, 0.3) is 0 Å². The molecule has 1 atom stereocenters. The number of ether oxygens (including phenoxy) is 2. The predicted molar refractivity (Wildman–Crippen MR) is 74.7 cm³/mol. The first kappa shape index (κ1) is 17.4. The second-order valence-corrected chi connectivity index (χ2v) is 4.89. The smallest absolute Gasteiger partial charge is 0.306 e. The lowest BCUT2D eigenvalue weighted by Crippen LogP contribution is -2.20. The van der Waals surface area contributed by atoms with E-state index in [1.54, 1.807) is 0 Å². The molecule has 0 amide bonds. The van der Waals surface area contributed by atoms with E-state index in [4.69, 9.17) is 9.47 Å². The van der Waals surface area contributed by atoms with Crippen LogP contribution in [0.15, 0.2) is 0 Å². The third-order valence-electron chi connectivity index (χ3n) is 2.77. The van der Waals surface area contributed by atoms with E-state index in [-0.39, 0.29) is 12.1 Å². The Hall–Kier alpha value is -0.570. The summed E-state index contributed by atoms with van der Waals surface area (Å²) in [6.45, 7) is 7.40. The Morgan fingerprint density at radius 1 is 1.00 bits per heavy atom. The quantitative estimate of drug-likeness (QED) is 0.390. The van der Waals surface area contributed by atoms with E-state index in [0.29, 0.717) is 13.0 Å². The van der Waals surface area contributed by atoms with Crippen molar-refractivity contribution in [3.8, 4) is 0 Å². The first-order valence-electron chi connectivity index (χ1n) is 7.47. The molecule has 0 aromatic heterocycles. The van der Waals surface area contributed by atoms with E-state index in [9.17, 15) is 4.79 Å². The van der Waals surface area contributed by atoms with Crippen LogP contribution < -0.4 is 0 Å². The van der Waals surface area contributed by atoms with Gasteiger partial charge in [0, 0.05) is 13.0 Å². The van der Waals surface area contributed by atoms with Crippen LogP contribution in [0.25, 0.3) is 0 Å². The molecule has 0 aliphatic carbocycles. The third-order valence-corrected chi connectivity index (χ3v) is 2.77. The molecule has 0 bridgehead atoms. The fourth-order valence-electron chi connectivity index (χ4n) is 1.76. The molecule has 0 saturated carbocycles. The van der Waals surface area contributed by atoms with Crippen LogP contribution in [-0.2, 0) is 14.3 Å². The lowest BCUT2D eigenvalue weighted by Gasteiger charge is -2.13. The minimum absolute atomic E-state index is 0.0851. The van der Waals surface area contributed by atoms with Crippen LogP contribution in [0, 0.1) is 0 Å². The third kappa shape index (κ3) is 11.9. The molecule has 0 aliphatic rings. The van der Waals surface area contributed by atoms with Crippen LogP contribution in [0.2, 0.25) is 0 Å². The number of esters is 1. The molecule has 0 N–H and O–H groups in total. The molecule has 0 saturated heterocycles. The summed E-state index contributed by atoms with van der Waals surface area (Å²) in [5, 5.41) is 0. The van der Waals surface area contributed by atoms with Crippen molar-refractivity contribution in [2.45, 2.75) is 78.2 Å². The van der Waals surface area contributed by atoms with Gasteiger partial charge in [0.15, 0.2) is 0 Å². The number of rotatable bonds is 12. The molecule has 1 unspecified atom stereocenters. The van der Waals surface area contributed by atoms with E-state index in [1.807, 2.05) is 6.92 Å². The Balaban J connectivity index is 3.35. The summed E-state index contributed by atoms with van der Waals surface area (Å²) < 4.78 is 10.6. The lowest BCUT2D eigenvalue weighted by molar-refractivity contribution is -0.151. The van der Waals surface area contributed by atoms with Gasteiger partial charge in [-0.05, 0) is 19.8 Å². The molecule has 0 heterocycles. The summed E-state index contributed by atoms with van der Waals surface area (Å²) in [5.41, 5.74) is 0. The zero-order valence-electron chi connectivity index (χ0n) is 12.4. The number of unbranched alkanes of at least 4 members (excludes halogenated alkanes) is 5. The summed E-state index contributed by atoms with van der Waals surface area (Å²) >= 11 is 0. The van der Waals surface area contributed by atoms with E-state index in [0.717, 1.165) is 25.9 Å². The van der Waals surface area contributed by atoms with Gasteiger partial charge < -0.3 is 9.47 Å². The van der Waals surface area contributed by atoms with Crippen LogP contribution in [0.1, 0.15) is 72.1 Å². The van der Waals surface area contributed by atoms with Crippen molar-refractivity contribution in [3.05, 3.63) is 0 Å². The Bertz CT molecular complexity index is 192. The van der Waals surface area contributed by atoms with Crippen LogP contribution >= 0.6 is 0 Å². The highest BCUT2D eigenvalue weighted by atomic mass is 16.6. The molecule has 0 fully saturated rings. The SMILES string of the molecule is CCCCCCCCC(=O)OC(C)COCCC. The number of carbonyl (C=O) groups excluding carboxylic acids is 1. The molecule has 0 aliphatic heterocycles. The highest BCUT2D eigenvalue weighted by molar-refractivity contribution is 5.69. The average molecular weight is 258 g/mol. The zero-order valence-corrected chi connectivity index (χ0v) is 12.4. The maximum Gasteiger partial charge on any atom is 0.306 e. The topological polar surface area (TPSA) is 35.5 Å². The van der Waals surface area contributed by atoms with Crippen molar-refractivity contribution in [3.63, 3.8) is 0 Å². The molecule has 108 valence electrons. The van der Waals surface area contributed by atoms with Gasteiger partial charge in [-0.15, -0.1) is 0 Å². The molecular weight excluding hydrogens is 228 g/mol. The van der Waals surface area contributed by atoms with Gasteiger partial charge in [-0.1, -0.05) is 46.0 Å². The molecule has 0 aromatic rings. The van der Waals surface area contributed by atoms with Gasteiger partial charge in [-0.25, -0.2) is 0 Å². The highest BCUT2D eigenvalue weighted by Crippen LogP contribution is 2.08. The number of carbonyl (C=O) groups is 1. The minimum atomic E-state index is -0.121. The van der Waals surface area contributed by atoms with Gasteiger partial charge in [-0.3, -0.25) is 4.79 Å². The summed E-state index contributed by atoms with van der Waals surface area (Å²) in [4.78, 5) is 11.5. The number of hydrogen-bond acceptors (Lipinski definition) is 3. The normalized spacial score (nSPS) is 12.4. The number of hydrogen-bond donors (Lipinski definition) is 0. The average Bonchev–Trinajstić information content (AvgIpc) is 2.34. The monoisotopic (exact) mass is 258 g/mol. The van der Waals surface area contributed by atoms with Gasteiger partial charge in [0.2, 0.25) is 0 Å². The first-order chi connectivity index (χ1) is 8.70. The van der Waals surface area contributed by atoms with Crippen molar-refractivity contribution in [2.75, 3.05) is 13.2 Å². The van der Waals surface area contributed by atoms with Crippen LogP contribution in [0.5, 0.6) is 0 Å². The van der Waals surface area contributed by atoms with Crippen molar-refractivity contribution in [2.24, 2.45) is 0 Å². The molecule has 3 nitrogen and oxygen atoms in total. The van der Waals surface area contributed by atoms with Crippen molar-refractivity contribution in [1.82, 2.24) is 0 Å². The largest absolute Gasteiger partial charge is 0.460 e. The van der Waals surface area contributed by atoms with Crippen LogP contribution in [0.4, 0.5) is 0 Å². The molecule has 3 heteroatoms. The Morgan fingerprint density at radius 2 is 1.67 bits per heavy atom. The fourth-order valence-corrected chi connectivity index (χ4v) is 1.76. The second-order valence-electron chi connectivity index (χ2n) is 4.89. The van der Waals surface area contributed by atoms with Crippen molar-refractivity contribution >= 4 is 5.97 Å². The van der Waals surface area contributed by atoms with Gasteiger partial charge >= 0.3 is 5.97 Å². The first-order valence-corrected chi connectivity index (χ1v) is 7.47. The molecule has 0 spiro atoms. The maximum absolute atomic E-state index is 11.5. The van der Waals surface area contributed by atoms with Gasteiger partial charge in [0.05, 0.1) is 6.61 Å². The van der Waals surface area contributed by atoms with E-state index in [2.05, 4.69) is 13.8 Å². The van der Waals surface area contributed by atoms with E-state index in [1.165, 1.54) is 25.7 Å². The fraction of sp³-hybridized carbons (Fsp3) is 0.933. The van der Waals surface area contributed by atoms with Crippen molar-refractivity contribution < 1.29 is 14.3 Å². The summed E-state index contributed by atoms with van der Waals surface area (Å²) in [6, 6.07) is 0. The molecule has 0 aromatic carbocycles. The molecule has 18 heavy (non-hydrogen) atoms. The van der Waals surface area contributed by atoms with Gasteiger partial charge in [0.1, 0.15) is 6.10 Å². The minimum Gasteiger partial charge on any atom is -0.460 e. The standard InChI is InChI=1S/C15H30O3/c1-4-6-7-8-9-10-11-15(16)18-14(3)13-17-12-5-2/h14H,4-13H2,1-3H3. The molecular formula is C15H30O3. The maximum atomic E-state index is 11.5. The molecule has 0 rings (SSSR count).